The van der Waals surface area contributed by atoms with Crippen molar-refractivity contribution in [1.82, 2.24) is 0 Å². The molecule has 2 aliphatic carbocycles. The van der Waals surface area contributed by atoms with E-state index in [0.29, 0.717) is 23.7 Å². The molecule has 0 atom stereocenters. The second kappa shape index (κ2) is 6.08. The Morgan fingerprint density at radius 2 is 2.00 bits per heavy atom. The number of ether oxygens (including phenoxy) is 1. The highest BCUT2D eigenvalue weighted by atomic mass is 16.5. The van der Waals surface area contributed by atoms with Crippen LogP contribution in [-0.4, -0.2) is 18.9 Å². The summed E-state index contributed by atoms with van der Waals surface area (Å²) in [6.07, 6.45) is 0.800. The van der Waals surface area contributed by atoms with Crippen molar-refractivity contribution in [2.45, 2.75) is 33.6 Å². The van der Waals surface area contributed by atoms with E-state index in [0.717, 1.165) is 28.5 Å². The molecule has 110 valence electrons. The minimum atomic E-state index is -0.379. The molecule has 3 heteroatoms. The lowest BCUT2D eigenvalue weighted by Gasteiger charge is -2.05. The third-order valence-electron chi connectivity index (χ3n) is 3.67. The van der Waals surface area contributed by atoms with Crippen LogP contribution in [0.2, 0.25) is 0 Å². The van der Waals surface area contributed by atoms with E-state index in [9.17, 15) is 9.59 Å². The first kappa shape index (κ1) is 15.2. The molecule has 0 aromatic rings. The second-order valence-electron chi connectivity index (χ2n) is 5.46. The first-order valence-electron chi connectivity index (χ1n) is 7.19. The lowest BCUT2D eigenvalue weighted by molar-refractivity contribution is 0.0527. The Labute approximate surface area is 125 Å². The monoisotopic (exact) mass is 284 g/mol. The van der Waals surface area contributed by atoms with Crippen LogP contribution in [0.25, 0.3) is 11.1 Å². The molecule has 0 fully saturated rings. The fourth-order valence-electron chi connectivity index (χ4n) is 2.52. The van der Waals surface area contributed by atoms with Crippen LogP contribution in [0.3, 0.4) is 0 Å². The summed E-state index contributed by atoms with van der Waals surface area (Å²) in [7, 11) is 0. The van der Waals surface area contributed by atoms with Gasteiger partial charge in [-0.1, -0.05) is 32.0 Å². The van der Waals surface area contributed by atoms with Crippen LogP contribution in [0, 0.1) is 6.92 Å². The van der Waals surface area contributed by atoms with Crippen molar-refractivity contribution in [3.63, 3.8) is 0 Å². The zero-order valence-corrected chi connectivity index (χ0v) is 12.9. The van der Waals surface area contributed by atoms with E-state index in [4.69, 9.17) is 4.74 Å². The van der Waals surface area contributed by atoms with Crippen LogP contribution in [0.15, 0.2) is 24.3 Å². The molecule has 21 heavy (non-hydrogen) atoms. The number of rotatable bonds is 4. The molecule has 0 saturated heterocycles. The summed E-state index contributed by atoms with van der Waals surface area (Å²) in [6, 6.07) is 7.67. The normalized spacial score (nSPS) is 10.9. The summed E-state index contributed by atoms with van der Waals surface area (Å²) < 4.78 is 5.10. The van der Waals surface area contributed by atoms with Crippen molar-refractivity contribution in [1.29, 1.82) is 0 Å². The minimum Gasteiger partial charge on any atom is -0.462 e. The summed E-state index contributed by atoms with van der Waals surface area (Å²) >= 11 is 0. The smallest absolute Gasteiger partial charge is 0.338 e. The molecule has 0 radical (unpaired) electrons. The maximum absolute atomic E-state index is 12.1. The standard InChI is InChI=1S/C18H20O3/c1-5-21-18(20)16-9-14(10-19)15-8-13(11(2)3)7-6-12(4)17(15)16/h6-11H,5H2,1-4H3. The summed E-state index contributed by atoms with van der Waals surface area (Å²) in [5, 5.41) is 0. The number of esters is 1. The summed E-state index contributed by atoms with van der Waals surface area (Å²) in [5.74, 6) is -0.0311. The van der Waals surface area contributed by atoms with Crippen LogP contribution >= 0.6 is 0 Å². The fraction of sp³-hybridized carbons (Fsp3) is 0.333. The SMILES string of the molecule is CCOC(=O)c1cc(C=O)c2cc(C(C)C)ccc(C)c1-2. The van der Waals surface area contributed by atoms with Gasteiger partial charge in [0, 0.05) is 5.56 Å². The molecule has 2 rings (SSSR count). The van der Waals surface area contributed by atoms with Crippen molar-refractivity contribution in [2.75, 3.05) is 6.61 Å². The first-order chi connectivity index (χ1) is 9.99. The second-order valence-corrected chi connectivity index (χ2v) is 5.46. The molecule has 0 spiro atoms. The summed E-state index contributed by atoms with van der Waals surface area (Å²) in [6.45, 7) is 8.24. The van der Waals surface area contributed by atoms with Crippen LogP contribution in [0.5, 0.6) is 0 Å². The zero-order chi connectivity index (χ0) is 15.6. The number of carbonyl (C=O) groups excluding carboxylic acids is 2. The molecule has 0 bridgehead atoms. The Balaban J connectivity index is 2.73. The molecule has 0 unspecified atom stereocenters. The van der Waals surface area contributed by atoms with Gasteiger partial charge in [0.05, 0.1) is 12.2 Å². The van der Waals surface area contributed by atoms with E-state index >= 15 is 0 Å². The number of carbonyl (C=O) groups is 2. The molecule has 0 aromatic carbocycles. The van der Waals surface area contributed by atoms with Gasteiger partial charge in [-0.05, 0) is 48.1 Å². The van der Waals surface area contributed by atoms with Crippen molar-refractivity contribution in [3.8, 4) is 11.1 Å². The lowest BCUT2D eigenvalue weighted by Crippen LogP contribution is -2.04. The van der Waals surface area contributed by atoms with Crippen LogP contribution in [0.4, 0.5) is 0 Å². The highest BCUT2D eigenvalue weighted by Gasteiger charge is 2.23. The van der Waals surface area contributed by atoms with E-state index in [1.165, 1.54) is 0 Å². The molecule has 0 amide bonds. The highest BCUT2D eigenvalue weighted by Crippen LogP contribution is 2.36. The predicted molar refractivity (Wildman–Crippen MR) is 83.2 cm³/mol. The lowest BCUT2D eigenvalue weighted by atomic mass is 10.0. The third kappa shape index (κ3) is 2.82. The van der Waals surface area contributed by atoms with E-state index in [2.05, 4.69) is 13.8 Å². The molecular weight excluding hydrogens is 264 g/mol. The molecule has 2 aliphatic rings. The Bertz CT molecular complexity index is 656. The van der Waals surface area contributed by atoms with Crippen molar-refractivity contribution in [3.05, 3.63) is 46.5 Å². The quantitative estimate of drug-likeness (QED) is 0.624. The number of hydrogen-bond donors (Lipinski definition) is 0. The van der Waals surface area contributed by atoms with Gasteiger partial charge in [0.2, 0.25) is 0 Å². The van der Waals surface area contributed by atoms with E-state index in [-0.39, 0.29) is 5.97 Å². The third-order valence-corrected chi connectivity index (χ3v) is 3.67. The van der Waals surface area contributed by atoms with Crippen molar-refractivity contribution in [2.24, 2.45) is 0 Å². The van der Waals surface area contributed by atoms with Gasteiger partial charge >= 0.3 is 5.97 Å². The Morgan fingerprint density at radius 1 is 1.29 bits per heavy atom. The molecular formula is C18H20O3. The summed E-state index contributed by atoms with van der Waals surface area (Å²) in [4.78, 5) is 23.5. The number of aryl methyl sites for hydroxylation is 1. The van der Waals surface area contributed by atoms with E-state index < -0.39 is 0 Å². The van der Waals surface area contributed by atoms with Gasteiger partial charge in [0.15, 0.2) is 6.29 Å². The molecule has 0 aromatic heterocycles. The minimum absolute atomic E-state index is 0.317. The van der Waals surface area contributed by atoms with E-state index in [1.807, 2.05) is 25.1 Å². The molecule has 3 nitrogen and oxygen atoms in total. The Hall–Kier alpha value is -2.16. The first-order valence-corrected chi connectivity index (χ1v) is 7.19. The van der Waals surface area contributed by atoms with Gasteiger partial charge in [0.25, 0.3) is 0 Å². The van der Waals surface area contributed by atoms with Gasteiger partial charge < -0.3 is 4.74 Å². The Morgan fingerprint density at radius 3 is 2.57 bits per heavy atom. The summed E-state index contributed by atoms with van der Waals surface area (Å²) in [5.41, 5.74) is 4.73. The van der Waals surface area contributed by atoms with E-state index in [1.54, 1.807) is 13.0 Å². The molecule has 0 aliphatic heterocycles. The molecule has 0 saturated carbocycles. The maximum atomic E-state index is 12.1. The van der Waals surface area contributed by atoms with Crippen molar-refractivity contribution >= 4 is 12.3 Å². The van der Waals surface area contributed by atoms with Crippen LogP contribution < -0.4 is 0 Å². The number of aldehydes is 1. The van der Waals surface area contributed by atoms with Crippen LogP contribution in [0.1, 0.15) is 58.5 Å². The average Bonchev–Trinajstić information content (AvgIpc) is 2.72. The molecule has 0 heterocycles. The highest BCUT2D eigenvalue weighted by molar-refractivity contribution is 6.05. The zero-order valence-electron chi connectivity index (χ0n) is 12.9. The largest absolute Gasteiger partial charge is 0.462 e. The van der Waals surface area contributed by atoms with Gasteiger partial charge in [0.1, 0.15) is 0 Å². The van der Waals surface area contributed by atoms with Gasteiger partial charge in [-0.25, -0.2) is 4.79 Å². The average molecular weight is 284 g/mol. The van der Waals surface area contributed by atoms with Gasteiger partial charge in [-0.3, -0.25) is 4.79 Å². The number of hydrogen-bond acceptors (Lipinski definition) is 3. The Kier molecular flexibility index (Phi) is 4.41. The predicted octanol–water partition coefficient (Wildman–Crippen LogP) is 4.21. The van der Waals surface area contributed by atoms with Gasteiger partial charge in [-0.2, -0.15) is 0 Å². The fourth-order valence-corrected chi connectivity index (χ4v) is 2.52. The maximum Gasteiger partial charge on any atom is 0.338 e. The van der Waals surface area contributed by atoms with Gasteiger partial charge in [-0.15, -0.1) is 0 Å². The van der Waals surface area contributed by atoms with Crippen LogP contribution in [-0.2, 0) is 4.74 Å². The van der Waals surface area contributed by atoms with Crippen molar-refractivity contribution < 1.29 is 14.3 Å². The molecule has 0 N–H and O–H groups in total. The number of fused-ring (bicyclic) bond motifs is 1. The topological polar surface area (TPSA) is 43.4 Å².